The van der Waals surface area contributed by atoms with E-state index in [1.54, 1.807) is 0 Å². The molecule has 0 amide bonds. The number of aliphatic imine (C=N–C) groups is 1. The van der Waals surface area contributed by atoms with Crippen LogP contribution in [0.4, 0.5) is 0 Å². The molecule has 0 N–H and O–H groups in total. The van der Waals surface area contributed by atoms with E-state index in [1.165, 1.54) is 14.0 Å². The zero-order valence-electron chi connectivity index (χ0n) is 14.2. The van der Waals surface area contributed by atoms with Crippen LogP contribution in [0.25, 0.3) is 0 Å². The van der Waals surface area contributed by atoms with Crippen molar-refractivity contribution in [3.63, 3.8) is 0 Å². The van der Waals surface area contributed by atoms with Gasteiger partial charge in [0.25, 0.3) is 0 Å². The van der Waals surface area contributed by atoms with Crippen LogP contribution >= 0.6 is 0 Å². The van der Waals surface area contributed by atoms with Crippen LogP contribution in [-0.2, 0) is 9.53 Å². The second-order valence-corrected chi connectivity index (χ2v) is 5.62. The van der Waals surface area contributed by atoms with Crippen molar-refractivity contribution < 1.29 is 14.5 Å². The first kappa shape index (κ1) is 18.3. The van der Waals surface area contributed by atoms with Crippen molar-refractivity contribution >= 4 is 11.7 Å². The fourth-order valence-electron chi connectivity index (χ4n) is 2.41. The number of carbonyl (C=O) groups excluding carboxylic acids is 1. The molecule has 0 aliphatic heterocycles. The van der Waals surface area contributed by atoms with Gasteiger partial charge in [-0.15, -0.1) is 0 Å². The third-order valence-electron chi connectivity index (χ3n) is 3.78. The van der Waals surface area contributed by atoms with Gasteiger partial charge in [0.1, 0.15) is 0 Å². The summed E-state index contributed by atoms with van der Waals surface area (Å²) in [5.74, 6) is -0.585. The molecule has 0 heterocycles. The second kappa shape index (κ2) is 8.73. The number of ether oxygens (including phenoxy) is 1. The average Bonchev–Trinajstić information content (AvgIpc) is 2.65. The van der Waals surface area contributed by atoms with Crippen molar-refractivity contribution in [2.45, 2.75) is 25.4 Å². The standard InChI is InChI=1S/C19H20N2O4/c1-14(21(23)24)13-17(19(22)25-2)20-18(15-9-5-3-6-10-15)16-11-7-4-8-12-16/h3-12,14,17H,13H2,1-2H3/t14-,17+/m0/s1. The van der Waals surface area contributed by atoms with Crippen molar-refractivity contribution in [3.8, 4) is 0 Å². The van der Waals surface area contributed by atoms with Crippen molar-refractivity contribution in [3.05, 3.63) is 81.9 Å². The molecule has 0 aromatic heterocycles. The average molecular weight is 340 g/mol. The first-order valence-electron chi connectivity index (χ1n) is 7.93. The van der Waals surface area contributed by atoms with Crippen LogP contribution in [0.15, 0.2) is 65.7 Å². The Kier molecular flexibility index (Phi) is 6.39. The van der Waals surface area contributed by atoms with Crippen molar-refractivity contribution in [2.75, 3.05) is 7.11 Å². The van der Waals surface area contributed by atoms with E-state index in [0.29, 0.717) is 5.71 Å². The highest BCUT2D eigenvalue weighted by Crippen LogP contribution is 2.15. The Bertz CT molecular complexity index is 703. The Morgan fingerprint density at radius 2 is 1.56 bits per heavy atom. The van der Waals surface area contributed by atoms with Gasteiger partial charge in [-0.25, -0.2) is 4.79 Å². The molecular weight excluding hydrogens is 320 g/mol. The van der Waals surface area contributed by atoms with Crippen molar-refractivity contribution in [1.29, 1.82) is 0 Å². The molecule has 0 saturated heterocycles. The lowest BCUT2D eigenvalue weighted by atomic mass is 10.0. The third kappa shape index (κ3) is 4.97. The first-order chi connectivity index (χ1) is 12.0. The molecule has 130 valence electrons. The van der Waals surface area contributed by atoms with Gasteiger partial charge in [0.05, 0.1) is 12.8 Å². The van der Waals surface area contributed by atoms with Crippen LogP contribution in [0.2, 0.25) is 0 Å². The van der Waals surface area contributed by atoms with Crippen LogP contribution in [0.1, 0.15) is 24.5 Å². The lowest BCUT2D eigenvalue weighted by Crippen LogP contribution is -2.29. The first-order valence-corrected chi connectivity index (χ1v) is 7.93. The van der Waals surface area contributed by atoms with Gasteiger partial charge < -0.3 is 4.74 Å². The molecule has 0 unspecified atom stereocenters. The summed E-state index contributed by atoms with van der Waals surface area (Å²) in [6.07, 6.45) is -0.0250. The highest BCUT2D eigenvalue weighted by atomic mass is 16.6. The number of esters is 1. The van der Waals surface area contributed by atoms with Crippen LogP contribution in [-0.4, -0.2) is 35.8 Å². The normalized spacial score (nSPS) is 12.7. The SMILES string of the molecule is COC(=O)[C@@H](C[C@H](C)[N+](=O)[O-])N=C(c1ccccc1)c1ccccc1. The summed E-state index contributed by atoms with van der Waals surface area (Å²) < 4.78 is 4.80. The van der Waals surface area contributed by atoms with Crippen LogP contribution in [0.5, 0.6) is 0 Å². The minimum absolute atomic E-state index is 0.0250. The maximum atomic E-state index is 12.1. The lowest BCUT2D eigenvalue weighted by molar-refractivity contribution is -0.519. The fourth-order valence-corrected chi connectivity index (χ4v) is 2.41. The van der Waals surface area contributed by atoms with Gasteiger partial charge in [0, 0.05) is 29.4 Å². The van der Waals surface area contributed by atoms with E-state index in [9.17, 15) is 14.9 Å². The number of nitro groups is 1. The molecule has 0 saturated carbocycles. The van der Waals surface area contributed by atoms with Gasteiger partial charge in [-0.3, -0.25) is 15.1 Å². The minimum Gasteiger partial charge on any atom is -0.467 e. The lowest BCUT2D eigenvalue weighted by Gasteiger charge is -2.15. The van der Waals surface area contributed by atoms with Gasteiger partial charge in [-0.2, -0.15) is 0 Å². The predicted molar refractivity (Wildman–Crippen MR) is 95.4 cm³/mol. The number of benzene rings is 2. The van der Waals surface area contributed by atoms with Gasteiger partial charge >= 0.3 is 5.97 Å². The molecule has 0 aliphatic carbocycles. The molecule has 0 spiro atoms. The summed E-state index contributed by atoms with van der Waals surface area (Å²) in [5.41, 5.74) is 2.26. The van der Waals surface area contributed by atoms with E-state index >= 15 is 0 Å². The van der Waals surface area contributed by atoms with E-state index in [2.05, 4.69) is 4.99 Å². The summed E-state index contributed by atoms with van der Waals surface area (Å²) in [6.45, 7) is 1.45. The highest BCUT2D eigenvalue weighted by Gasteiger charge is 2.27. The van der Waals surface area contributed by atoms with Gasteiger partial charge in [-0.05, 0) is 0 Å². The summed E-state index contributed by atoms with van der Waals surface area (Å²) in [6, 6.07) is 17.0. The number of nitrogens with zero attached hydrogens (tertiary/aromatic N) is 2. The number of rotatable bonds is 7. The molecule has 0 fully saturated rings. The molecule has 2 rings (SSSR count). The molecule has 0 bridgehead atoms. The van der Waals surface area contributed by atoms with E-state index in [0.717, 1.165) is 11.1 Å². The zero-order valence-corrected chi connectivity index (χ0v) is 14.2. The number of carbonyl (C=O) groups is 1. The van der Waals surface area contributed by atoms with E-state index in [4.69, 9.17) is 4.74 Å². The zero-order chi connectivity index (χ0) is 18.2. The van der Waals surface area contributed by atoms with Crippen LogP contribution in [0.3, 0.4) is 0 Å². The maximum absolute atomic E-state index is 12.1. The maximum Gasteiger partial charge on any atom is 0.330 e. The van der Waals surface area contributed by atoms with Crippen molar-refractivity contribution in [2.24, 2.45) is 4.99 Å². The Morgan fingerprint density at radius 1 is 1.08 bits per heavy atom. The van der Waals surface area contributed by atoms with E-state index < -0.39 is 23.0 Å². The highest BCUT2D eigenvalue weighted by molar-refractivity contribution is 6.13. The Hall–Kier alpha value is -3.02. The molecule has 25 heavy (non-hydrogen) atoms. The second-order valence-electron chi connectivity index (χ2n) is 5.62. The molecule has 2 aromatic carbocycles. The smallest absolute Gasteiger partial charge is 0.330 e. The topological polar surface area (TPSA) is 81.8 Å². The van der Waals surface area contributed by atoms with E-state index in [-0.39, 0.29) is 6.42 Å². The quantitative estimate of drug-likeness (QED) is 0.336. The molecule has 6 heteroatoms. The third-order valence-corrected chi connectivity index (χ3v) is 3.78. The molecule has 6 nitrogen and oxygen atoms in total. The van der Waals surface area contributed by atoms with Crippen LogP contribution in [0, 0.1) is 10.1 Å². The molecular formula is C19H20N2O4. The van der Waals surface area contributed by atoms with Gasteiger partial charge in [0.15, 0.2) is 6.04 Å². The largest absolute Gasteiger partial charge is 0.467 e. The molecule has 0 aliphatic rings. The van der Waals surface area contributed by atoms with Crippen molar-refractivity contribution in [1.82, 2.24) is 0 Å². The van der Waals surface area contributed by atoms with Gasteiger partial charge in [0.2, 0.25) is 6.04 Å². The fraction of sp³-hybridized carbons (Fsp3) is 0.263. The molecule has 2 aromatic rings. The Labute approximate surface area is 146 Å². The summed E-state index contributed by atoms with van der Waals surface area (Å²) in [7, 11) is 1.26. The van der Waals surface area contributed by atoms with Crippen LogP contribution < -0.4 is 0 Å². The van der Waals surface area contributed by atoms with Gasteiger partial charge in [-0.1, -0.05) is 60.7 Å². The summed E-state index contributed by atoms with van der Waals surface area (Å²) >= 11 is 0. The number of methoxy groups -OCH3 is 1. The van der Waals surface area contributed by atoms with E-state index in [1.807, 2.05) is 60.7 Å². The molecule has 0 radical (unpaired) electrons. The molecule has 2 atom stereocenters. The predicted octanol–water partition coefficient (Wildman–Crippen LogP) is 3.12. The number of hydrogen-bond acceptors (Lipinski definition) is 5. The summed E-state index contributed by atoms with van der Waals surface area (Å²) in [4.78, 5) is 27.2. The number of hydrogen-bond donors (Lipinski definition) is 0. The Morgan fingerprint density at radius 3 is 1.96 bits per heavy atom. The Balaban J connectivity index is 2.48. The minimum atomic E-state index is -0.944. The monoisotopic (exact) mass is 340 g/mol. The summed E-state index contributed by atoms with van der Waals surface area (Å²) in [5, 5.41) is 11.0.